The summed E-state index contributed by atoms with van der Waals surface area (Å²) < 4.78 is 5.44. The third kappa shape index (κ3) is 6.62. The number of rotatable bonds is 3. The lowest BCUT2D eigenvalue weighted by molar-refractivity contribution is 0.0102. The summed E-state index contributed by atoms with van der Waals surface area (Å²) in [6.07, 6.45) is 4.09. The summed E-state index contributed by atoms with van der Waals surface area (Å²) in [5.74, 6) is 0. The van der Waals surface area contributed by atoms with Crippen LogP contribution in [0.1, 0.15) is 53.9 Å². The molecule has 0 aromatic rings. The number of aliphatic hydroxyl groups is 1. The lowest BCUT2D eigenvalue weighted by Gasteiger charge is -2.32. The lowest BCUT2D eigenvalue weighted by atomic mass is 10.0. The van der Waals surface area contributed by atoms with Gasteiger partial charge in [0.1, 0.15) is 5.60 Å². The normalized spacial score (nSPS) is 15.5. The van der Waals surface area contributed by atoms with Gasteiger partial charge in [-0.1, -0.05) is 32.4 Å². The van der Waals surface area contributed by atoms with E-state index < -0.39 is 5.60 Å². The Kier molecular flexibility index (Phi) is 8.48. The number of likely N-dealkylation sites (tertiary alicyclic amines) is 1. The van der Waals surface area contributed by atoms with Crippen LogP contribution < -0.4 is 0 Å². The van der Waals surface area contributed by atoms with Gasteiger partial charge >= 0.3 is 6.09 Å². The fraction of sp³-hybridized carbons (Fsp3) is 0.800. The molecule has 1 saturated heterocycles. The number of nitrogens with zero attached hydrogens (tertiary/aromatic N) is 1. The van der Waals surface area contributed by atoms with Crippen molar-refractivity contribution in [3.8, 4) is 0 Å². The van der Waals surface area contributed by atoms with Gasteiger partial charge in [0.15, 0.2) is 0 Å². The summed E-state index contributed by atoms with van der Waals surface area (Å²) in [6.45, 7) is 11.3. The maximum Gasteiger partial charge on any atom is 0.410 e. The molecule has 0 aliphatic carbocycles. The van der Waals surface area contributed by atoms with E-state index in [0.717, 1.165) is 19.3 Å². The zero-order chi connectivity index (χ0) is 14.9. The molecule has 1 rings (SSSR count). The van der Waals surface area contributed by atoms with Gasteiger partial charge in [-0.05, 0) is 33.1 Å². The fourth-order valence-corrected chi connectivity index (χ4v) is 1.68. The molecule has 112 valence electrons. The molecule has 0 saturated carbocycles. The largest absolute Gasteiger partial charge is 0.443 e. The first-order valence-electron chi connectivity index (χ1n) is 7.25. The Morgan fingerprint density at radius 3 is 2.32 bits per heavy atom. The second-order valence-corrected chi connectivity index (χ2v) is 5.01. The van der Waals surface area contributed by atoms with Crippen molar-refractivity contribution in [2.24, 2.45) is 0 Å². The summed E-state index contributed by atoms with van der Waals surface area (Å²) >= 11 is 0. The van der Waals surface area contributed by atoms with E-state index in [1.54, 1.807) is 4.90 Å². The van der Waals surface area contributed by atoms with Gasteiger partial charge in [0.2, 0.25) is 0 Å². The molecule has 0 atom stereocenters. The van der Waals surface area contributed by atoms with E-state index in [1.807, 2.05) is 40.7 Å². The van der Waals surface area contributed by atoms with Crippen LogP contribution in [0.15, 0.2) is 11.6 Å². The van der Waals surface area contributed by atoms with Crippen LogP contribution in [0.5, 0.6) is 0 Å². The number of carbonyl (C=O) groups is 1. The van der Waals surface area contributed by atoms with Gasteiger partial charge in [-0.2, -0.15) is 0 Å². The van der Waals surface area contributed by atoms with Crippen molar-refractivity contribution in [1.29, 1.82) is 0 Å². The zero-order valence-electron chi connectivity index (χ0n) is 13.0. The maximum absolute atomic E-state index is 11.9. The van der Waals surface area contributed by atoms with E-state index in [9.17, 15) is 4.79 Å². The van der Waals surface area contributed by atoms with Crippen molar-refractivity contribution in [2.45, 2.75) is 59.5 Å². The van der Waals surface area contributed by atoms with Crippen molar-refractivity contribution in [3.63, 3.8) is 0 Å². The Balaban J connectivity index is 0.00000154. The summed E-state index contributed by atoms with van der Waals surface area (Å²) in [5.41, 5.74) is 0.837. The van der Waals surface area contributed by atoms with Crippen molar-refractivity contribution in [1.82, 2.24) is 4.90 Å². The SMILES string of the molecule is CC.CCC(C)(C)OC(=O)N1CCC(=CCO)CC1. The molecule has 1 fully saturated rings. The van der Waals surface area contributed by atoms with Gasteiger partial charge in [0.05, 0.1) is 6.61 Å². The Hall–Kier alpha value is -1.03. The van der Waals surface area contributed by atoms with E-state index in [4.69, 9.17) is 9.84 Å². The lowest BCUT2D eigenvalue weighted by Crippen LogP contribution is -2.41. The molecule has 1 aliphatic heterocycles. The third-order valence-electron chi connectivity index (χ3n) is 3.26. The first-order valence-corrected chi connectivity index (χ1v) is 7.25. The number of hydrogen-bond donors (Lipinski definition) is 1. The molecule has 0 unspecified atom stereocenters. The van der Waals surface area contributed by atoms with Gasteiger partial charge in [0.25, 0.3) is 0 Å². The molecule has 4 nitrogen and oxygen atoms in total. The highest BCUT2D eigenvalue weighted by atomic mass is 16.6. The number of amides is 1. The van der Waals surface area contributed by atoms with E-state index in [2.05, 4.69) is 0 Å². The molecule has 19 heavy (non-hydrogen) atoms. The highest BCUT2D eigenvalue weighted by Crippen LogP contribution is 2.20. The number of carbonyl (C=O) groups excluding carboxylic acids is 1. The van der Waals surface area contributed by atoms with Gasteiger partial charge in [-0.15, -0.1) is 0 Å². The van der Waals surface area contributed by atoms with Crippen molar-refractivity contribution in [3.05, 3.63) is 11.6 Å². The summed E-state index contributed by atoms with van der Waals surface area (Å²) in [5, 5.41) is 8.80. The fourth-order valence-electron chi connectivity index (χ4n) is 1.68. The molecule has 0 spiro atoms. The van der Waals surface area contributed by atoms with Crippen LogP contribution in [0.3, 0.4) is 0 Å². The first-order chi connectivity index (χ1) is 8.98. The summed E-state index contributed by atoms with van der Waals surface area (Å²) in [4.78, 5) is 13.6. The minimum atomic E-state index is -0.391. The van der Waals surface area contributed by atoms with Crippen LogP contribution in [-0.2, 0) is 4.74 Å². The second-order valence-electron chi connectivity index (χ2n) is 5.01. The molecule has 0 radical (unpaired) electrons. The number of piperidine rings is 1. The van der Waals surface area contributed by atoms with Gasteiger partial charge < -0.3 is 14.7 Å². The smallest absolute Gasteiger partial charge is 0.410 e. The Labute approximate surface area is 117 Å². The first kappa shape index (κ1) is 18.0. The second kappa shape index (κ2) is 8.97. The van der Waals surface area contributed by atoms with Gasteiger partial charge in [-0.3, -0.25) is 0 Å². The Morgan fingerprint density at radius 1 is 1.37 bits per heavy atom. The Morgan fingerprint density at radius 2 is 1.89 bits per heavy atom. The zero-order valence-corrected chi connectivity index (χ0v) is 13.0. The molecule has 1 amide bonds. The van der Waals surface area contributed by atoms with E-state index in [1.165, 1.54) is 5.57 Å². The molecule has 0 bridgehead atoms. The van der Waals surface area contributed by atoms with Crippen LogP contribution in [0, 0.1) is 0 Å². The van der Waals surface area contributed by atoms with Crippen LogP contribution in [0.25, 0.3) is 0 Å². The predicted molar refractivity (Wildman–Crippen MR) is 78.2 cm³/mol. The highest BCUT2D eigenvalue weighted by Gasteiger charge is 2.26. The predicted octanol–water partition coefficient (Wildman–Crippen LogP) is 3.35. The molecule has 1 N–H and O–H groups in total. The Bertz CT molecular complexity index is 288. The van der Waals surface area contributed by atoms with E-state index >= 15 is 0 Å². The van der Waals surface area contributed by atoms with Gasteiger partial charge in [-0.25, -0.2) is 4.79 Å². The monoisotopic (exact) mass is 271 g/mol. The minimum Gasteiger partial charge on any atom is -0.443 e. The molecular formula is C15H29NO3. The number of hydrogen-bond acceptors (Lipinski definition) is 3. The van der Waals surface area contributed by atoms with Gasteiger partial charge in [0, 0.05) is 13.1 Å². The standard InChI is InChI=1S/C13H23NO3.C2H6/c1-4-13(2,3)17-12(16)14-8-5-11(6-9-14)7-10-15;1-2/h7,15H,4-6,8-10H2,1-3H3;1-2H3. The summed E-state index contributed by atoms with van der Waals surface area (Å²) in [6, 6.07) is 0. The maximum atomic E-state index is 11.9. The van der Waals surface area contributed by atoms with Crippen LogP contribution >= 0.6 is 0 Å². The highest BCUT2D eigenvalue weighted by molar-refractivity contribution is 5.68. The van der Waals surface area contributed by atoms with Crippen LogP contribution in [0.2, 0.25) is 0 Å². The minimum absolute atomic E-state index is 0.0860. The van der Waals surface area contributed by atoms with E-state index in [-0.39, 0.29) is 12.7 Å². The van der Waals surface area contributed by atoms with Crippen molar-refractivity contribution >= 4 is 6.09 Å². The van der Waals surface area contributed by atoms with Crippen LogP contribution in [-0.4, -0.2) is 41.4 Å². The van der Waals surface area contributed by atoms with Crippen LogP contribution in [0.4, 0.5) is 4.79 Å². The number of aliphatic hydroxyl groups excluding tert-OH is 1. The molecule has 0 aromatic heterocycles. The van der Waals surface area contributed by atoms with E-state index in [0.29, 0.717) is 13.1 Å². The average Bonchev–Trinajstić information content (AvgIpc) is 2.42. The molecular weight excluding hydrogens is 242 g/mol. The van der Waals surface area contributed by atoms with Crippen molar-refractivity contribution in [2.75, 3.05) is 19.7 Å². The molecule has 0 aromatic carbocycles. The third-order valence-corrected chi connectivity index (χ3v) is 3.26. The molecule has 4 heteroatoms. The average molecular weight is 271 g/mol. The number of ether oxygens (including phenoxy) is 1. The van der Waals surface area contributed by atoms with Crippen molar-refractivity contribution < 1.29 is 14.6 Å². The molecule has 1 heterocycles. The molecule has 1 aliphatic rings. The summed E-state index contributed by atoms with van der Waals surface area (Å²) in [7, 11) is 0. The topological polar surface area (TPSA) is 49.8 Å². The quantitative estimate of drug-likeness (QED) is 0.801.